The number of halogens is 3. The maximum absolute atomic E-state index is 16.2. The van der Waals surface area contributed by atoms with E-state index in [1.807, 2.05) is 24.3 Å². The molecule has 1 aromatic heterocycles. The number of ether oxygens (including phenoxy) is 1. The maximum Gasteiger partial charge on any atom is 0.337 e. The molecule has 4 aliphatic rings. The third kappa shape index (κ3) is 3.63. The van der Waals surface area contributed by atoms with Crippen LogP contribution in [0.4, 0.5) is 10.1 Å². The number of anilines is 1. The Hall–Kier alpha value is -3.27. The maximum atomic E-state index is 16.2. The highest BCUT2D eigenvalue weighted by atomic mass is 79.9. The lowest BCUT2D eigenvalue weighted by Gasteiger charge is -2.40. The zero-order valence-corrected chi connectivity index (χ0v) is 24.4. The third-order valence-corrected chi connectivity index (χ3v) is 10.2. The molecule has 1 saturated heterocycles. The molecular weight excluding hydrogens is 623 g/mol. The van der Waals surface area contributed by atoms with Crippen molar-refractivity contribution >= 4 is 56.1 Å². The number of imidazole rings is 1. The van der Waals surface area contributed by atoms with Gasteiger partial charge in [-0.05, 0) is 76.7 Å². The molecule has 1 amide bonds. The molecule has 0 unspecified atom stereocenters. The number of rotatable bonds is 4. The number of nitrogens with zero attached hydrogens (tertiary/aromatic N) is 3. The van der Waals surface area contributed by atoms with Crippen LogP contribution in [0.1, 0.15) is 59.4 Å². The Bertz CT molecular complexity index is 1810. The van der Waals surface area contributed by atoms with Gasteiger partial charge in [0.2, 0.25) is 5.91 Å². The molecule has 3 aliphatic heterocycles. The Kier molecular flexibility index (Phi) is 6.31. The fraction of sp³-hybridized carbons (Fsp3) is 0.344. The second kappa shape index (κ2) is 9.62. The van der Waals surface area contributed by atoms with Crippen LogP contribution in [0.25, 0.3) is 11.0 Å². The van der Waals surface area contributed by atoms with Crippen LogP contribution in [0.3, 0.4) is 0 Å². The molecule has 8 rings (SSSR count). The van der Waals surface area contributed by atoms with Crippen molar-refractivity contribution in [3.8, 4) is 0 Å². The molecule has 216 valence electrons. The van der Waals surface area contributed by atoms with Crippen molar-refractivity contribution in [1.82, 2.24) is 14.5 Å². The highest BCUT2D eigenvalue weighted by Crippen LogP contribution is 2.65. The standard InChI is InChI=1S/C31H25BrClFN4O3.CH4/c1-41-29(39)16-7-10-23-22(11-16)35-28-25-24(14-37(23)28)38(13-15-5-6-15)31(26(25)18-3-2-4-20(32)27(18)34)19-9-8-17(33)12-21(19)36-30(31)40;/h2-4,7-12,15,24-26H,5-6,13-14H2,1H3,(H,36,40);1H4/t24-,25+,26-,31+;/m0./s1. The minimum Gasteiger partial charge on any atom is -0.465 e. The summed E-state index contributed by atoms with van der Waals surface area (Å²) in [6.45, 7) is 1.34. The van der Waals surface area contributed by atoms with E-state index in [0.29, 0.717) is 44.3 Å². The van der Waals surface area contributed by atoms with Crippen molar-refractivity contribution in [3.05, 3.63) is 92.4 Å². The van der Waals surface area contributed by atoms with E-state index in [4.69, 9.17) is 21.3 Å². The van der Waals surface area contributed by atoms with Crippen LogP contribution in [-0.2, 0) is 21.6 Å². The van der Waals surface area contributed by atoms with Gasteiger partial charge in [-0.3, -0.25) is 9.69 Å². The van der Waals surface area contributed by atoms with Gasteiger partial charge in [-0.15, -0.1) is 0 Å². The first-order valence-electron chi connectivity index (χ1n) is 13.7. The summed E-state index contributed by atoms with van der Waals surface area (Å²) >= 11 is 9.77. The SMILES string of the molecule is C.COC(=O)c1ccc2c(c1)nc1n2C[C@H]2[C@@H]1[C@H](c1cccc(Br)c1F)[C@]1(C(=O)Nc3cc(Cl)ccc31)N2CC1CC1. The molecule has 7 nitrogen and oxygen atoms in total. The Morgan fingerprint density at radius 3 is 2.79 bits per heavy atom. The van der Waals surface area contributed by atoms with Crippen LogP contribution in [0.2, 0.25) is 5.02 Å². The number of nitrogens with one attached hydrogen (secondary N) is 1. The molecule has 4 heterocycles. The Labute approximate surface area is 256 Å². The summed E-state index contributed by atoms with van der Waals surface area (Å²) in [5.41, 5.74) is 2.82. The van der Waals surface area contributed by atoms with Crippen LogP contribution in [0.5, 0.6) is 0 Å². The average molecular weight is 652 g/mol. The largest absolute Gasteiger partial charge is 0.465 e. The van der Waals surface area contributed by atoms with Gasteiger partial charge in [0.1, 0.15) is 17.2 Å². The Morgan fingerprint density at radius 2 is 2.02 bits per heavy atom. The van der Waals surface area contributed by atoms with Crippen molar-refractivity contribution in [1.29, 1.82) is 0 Å². The third-order valence-electron chi connectivity index (χ3n) is 9.40. The number of fused-ring (bicyclic) bond motifs is 7. The topological polar surface area (TPSA) is 76.5 Å². The molecular formula is C32H29BrClFN4O3. The van der Waals surface area contributed by atoms with Crippen LogP contribution in [0, 0.1) is 11.7 Å². The minimum atomic E-state index is -1.14. The molecule has 0 radical (unpaired) electrons. The predicted molar refractivity (Wildman–Crippen MR) is 162 cm³/mol. The van der Waals surface area contributed by atoms with Crippen LogP contribution < -0.4 is 5.32 Å². The van der Waals surface area contributed by atoms with Crippen LogP contribution in [0.15, 0.2) is 59.1 Å². The van der Waals surface area contributed by atoms with E-state index in [-0.39, 0.29) is 31.1 Å². The van der Waals surface area contributed by atoms with Crippen LogP contribution >= 0.6 is 27.5 Å². The monoisotopic (exact) mass is 650 g/mol. The number of benzene rings is 3. The summed E-state index contributed by atoms with van der Waals surface area (Å²) in [7, 11) is 1.35. The molecule has 2 fully saturated rings. The second-order valence-electron chi connectivity index (χ2n) is 11.5. The molecule has 1 spiro atoms. The van der Waals surface area contributed by atoms with Crippen LogP contribution in [-0.4, -0.2) is 46.0 Å². The lowest BCUT2D eigenvalue weighted by Crippen LogP contribution is -2.53. The van der Waals surface area contributed by atoms with Gasteiger partial charge in [-0.1, -0.05) is 37.2 Å². The smallest absolute Gasteiger partial charge is 0.337 e. The van der Waals surface area contributed by atoms with E-state index in [2.05, 4.69) is 30.7 Å². The summed E-state index contributed by atoms with van der Waals surface area (Å²) in [5, 5.41) is 3.65. The Morgan fingerprint density at radius 1 is 1.21 bits per heavy atom. The van der Waals surface area contributed by atoms with Crippen molar-refractivity contribution in [2.24, 2.45) is 5.92 Å². The second-order valence-corrected chi connectivity index (χ2v) is 12.8. The first-order chi connectivity index (χ1) is 19.8. The first-order valence-corrected chi connectivity index (χ1v) is 14.9. The lowest BCUT2D eigenvalue weighted by molar-refractivity contribution is -0.128. The summed E-state index contributed by atoms with van der Waals surface area (Å²) in [5.74, 6) is -0.533. The number of hydrogen-bond acceptors (Lipinski definition) is 5. The van der Waals surface area contributed by atoms with Crippen molar-refractivity contribution in [3.63, 3.8) is 0 Å². The number of hydrogen-bond donors (Lipinski definition) is 1. The highest BCUT2D eigenvalue weighted by molar-refractivity contribution is 9.10. The molecule has 1 N–H and O–H groups in total. The van der Waals surface area contributed by atoms with Gasteiger partial charge in [-0.2, -0.15) is 0 Å². The molecule has 10 heteroatoms. The summed E-state index contributed by atoms with van der Waals surface area (Å²) in [6.07, 6.45) is 2.22. The minimum absolute atomic E-state index is 0. The number of amides is 1. The summed E-state index contributed by atoms with van der Waals surface area (Å²) < 4.78 is 23.6. The van der Waals surface area contributed by atoms with Gasteiger partial charge in [-0.25, -0.2) is 14.2 Å². The normalized spacial score (nSPS) is 25.7. The van der Waals surface area contributed by atoms with Gasteiger partial charge >= 0.3 is 5.97 Å². The average Bonchev–Trinajstić information content (AvgIpc) is 3.41. The Balaban J connectivity index is 0.00000288. The number of likely N-dealkylation sites (tertiary alicyclic amines) is 1. The van der Waals surface area contributed by atoms with E-state index >= 15 is 4.39 Å². The quantitative estimate of drug-likeness (QED) is 0.245. The number of methoxy groups -OCH3 is 1. The molecule has 1 saturated carbocycles. The molecule has 4 atom stereocenters. The van der Waals surface area contributed by atoms with E-state index in [0.717, 1.165) is 36.3 Å². The van der Waals surface area contributed by atoms with E-state index in [9.17, 15) is 9.59 Å². The van der Waals surface area contributed by atoms with Gasteiger partial charge in [0, 0.05) is 47.2 Å². The molecule has 1 aliphatic carbocycles. The van der Waals surface area contributed by atoms with E-state index < -0.39 is 17.4 Å². The van der Waals surface area contributed by atoms with Crippen molar-refractivity contribution < 1.29 is 18.7 Å². The predicted octanol–water partition coefficient (Wildman–Crippen LogP) is 6.84. The fourth-order valence-corrected chi connectivity index (χ4v) is 8.15. The molecule has 3 aromatic carbocycles. The number of carbonyl (C=O) groups is 2. The number of carbonyl (C=O) groups excluding carboxylic acids is 2. The summed E-state index contributed by atoms with van der Waals surface area (Å²) in [4.78, 5) is 34.1. The summed E-state index contributed by atoms with van der Waals surface area (Å²) in [6, 6.07) is 16.1. The lowest BCUT2D eigenvalue weighted by atomic mass is 9.71. The number of esters is 1. The zero-order chi connectivity index (χ0) is 28.2. The first kappa shape index (κ1) is 27.6. The molecule has 0 bridgehead atoms. The zero-order valence-electron chi connectivity index (χ0n) is 22.0. The molecule has 4 aromatic rings. The van der Waals surface area contributed by atoms with E-state index in [1.54, 1.807) is 30.3 Å². The fourth-order valence-electron chi connectivity index (χ4n) is 7.60. The number of aromatic nitrogens is 2. The van der Waals surface area contributed by atoms with Gasteiger partial charge in [0.15, 0.2) is 0 Å². The van der Waals surface area contributed by atoms with Gasteiger partial charge < -0.3 is 14.6 Å². The van der Waals surface area contributed by atoms with Crippen molar-refractivity contribution in [2.75, 3.05) is 19.0 Å². The van der Waals surface area contributed by atoms with Gasteiger partial charge in [0.25, 0.3) is 0 Å². The van der Waals surface area contributed by atoms with Crippen molar-refractivity contribution in [2.45, 2.75) is 50.2 Å². The van der Waals surface area contributed by atoms with Gasteiger partial charge in [0.05, 0.1) is 28.2 Å². The molecule has 42 heavy (non-hydrogen) atoms. The highest BCUT2D eigenvalue weighted by Gasteiger charge is 2.69. The van der Waals surface area contributed by atoms with E-state index in [1.165, 1.54) is 7.11 Å².